The van der Waals surface area contributed by atoms with Crippen LogP contribution in [0.2, 0.25) is 0 Å². The highest BCUT2D eigenvalue weighted by Gasteiger charge is 2.07. The van der Waals surface area contributed by atoms with Crippen LogP contribution in [0.3, 0.4) is 0 Å². The summed E-state index contributed by atoms with van der Waals surface area (Å²) < 4.78 is 6.35. The van der Waals surface area contributed by atoms with Gasteiger partial charge in [0.25, 0.3) is 5.56 Å². The average molecular weight is 492 g/mol. The molecule has 0 unspecified atom stereocenters. The number of benzene rings is 2. The van der Waals surface area contributed by atoms with Crippen LogP contribution in [-0.4, -0.2) is 53.7 Å². The van der Waals surface area contributed by atoms with Crippen molar-refractivity contribution in [3.05, 3.63) is 99.0 Å². The maximum Gasteiger partial charge on any atom is 0.310 e. The average Bonchev–Trinajstić information content (AvgIpc) is 2.82. The number of nitrogens with zero attached hydrogens (tertiary/aromatic N) is 3. The fourth-order valence-corrected chi connectivity index (χ4v) is 3.57. The van der Waals surface area contributed by atoms with Gasteiger partial charge in [0.1, 0.15) is 0 Å². The van der Waals surface area contributed by atoms with Gasteiger partial charge in [0.05, 0.1) is 25.3 Å². The summed E-state index contributed by atoms with van der Waals surface area (Å²) in [6.07, 6.45) is 1.80. The van der Waals surface area contributed by atoms with Gasteiger partial charge in [-0.1, -0.05) is 48.0 Å². The summed E-state index contributed by atoms with van der Waals surface area (Å²) in [5, 5.41) is 4.20. The predicted octanol–water partition coefficient (Wildman–Crippen LogP) is 4.23. The molecule has 0 radical (unpaired) electrons. The van der Waals surface area contributed by atoms with Crippen molar-refractivity contribution >= 4 is 11.8 Å². The zero-order valence-electron chi connectivity index (χ0n) is 22.0. The van der Waals surface area contributed by atoms with Gasteiger partial charge in [0.15, 0.2) is 5.78 Å². The van der Waals surface area contributed by atoms with E-state index in [1.165, 1.54) is 10.7 Å². The zero-order valence-corrected chi connectivity index (χ0v) is 22.0. The summed E-state index contributed by atoms with van der Waals surface area (Å²) in [6.45, 7) is 7.36. The molecule has 7 nitrogen and oxygen atoms in total. The Morgan fingerprint density at radius 2 is 1.69 bits per heavy atom. The van der Waals surface area contributed by atoms with E-state index in [-0.39, 0.29) is 23.7 Å². The first kappa shape index (κ1) is 28.7. The van der Waals surface area contributed by atoms with E-state index in [2.05, 4.69) is 10.00 Å². The van der Waals surface area contributed by atoms with Crippen molar-refractivity contribution in [1.29, 1.82) is 0 Å². The molecule has 0 aliphatic carbocycles. The maximum atomic E-state index is 11.8. The Hall–Kier alpha value is -3.58. The zero-order chi connectivity index (χ0) is 26.5. The van der Waals surface area contributed by atoms with Crippen molar-refractivity contribution < 1.29 is 14.3 Å². The largest absolute Gasteiger partial charge is 0.466 e. The van der Waals surface area contributed by atoms with Crippen LogP contribution in [0.25, 0.3) is 0 Å². The number of hydrogen-bond donors (Lipinski definition) is 0. The summed E-state index contributed by atoms with van der Waals surface area (Å²) >= 11 is 0. The molecule has 1 aromatic heterocycles. The third-order valence-corrected chi connectivity index (χ3v) is 5.33. The number of esters is 1. The molecular weight excluding hydrogens is 454 g/mol. The van der Waals surface area contributed by atoms with E-state index >= 15 is 0 Å². The molecule has 0 bridgehead atoms. The minimum Gasteiger partial charge on any atom is -0.466 e. The summed E-state index contributed by atoms with van der Waals surface area (Å²) in [6, 6.07) is 18.5. The molecule has 0 atom stereocenters. The van der Waals surface area contributed by atoms with Gasteiger partial charge in [-0.2, -0.15) is 5.10 Å². The van der Waals surface area contributed by atoms with Crippen LogP contribution in [-0.2, 0) is 22.5 Å². The van der Waals surface area contributed by atoms with E-state index in [1.54, 1.807) is 13.0 Å². The van der Waals surface area contributed by atoms with Crippen molar-refractivity contribution in [3.63, 3.8) is 0 Å². The van der Waals surface area contributed by atoms with Crippen molar-refractivity contribution in [2.45, 2.75) is 46.6 Å². The number of ether oxygens (including phenoxy) is 1. The van der Waals surface area contributed by atoms with Gasteiger partial charge in [-0.15, -0.1) is 0 Å². The molecule has 1 heterocycles. The minimum absolute atomic E-state index is 0.142. The van der Waals surface area contributed by atoms with Crippen LogP contribution < -0.4 is 5.56 Å². The van der Waals surface area contributed by atoms with E-state index < -0.39 is 0 Å². The first-order chi connectivity index (χ1) is 17.2. The monoisotopic (exact) mass is 491 g/mol. The maximum absolute atomic E-state index is 11.8. The summed E-state index contributed by atoms with van der Waals surface area (Å²) in [5.41, 5.74) is 4.43. The lowest BCUT2D eigenvalue weighted by atomic mass is 10.0. The molecule has 0 saturated heterocycles. The fraction of sp³-hybridized carbons (Fsp3) is 0.379. The number of carbonyl (C=O) groups excluding carboxylic acids is 2. The van der Waals surface area contributed by atoms with Gasteiger partial charge in [-0.3, -0.25) is 14.4 Å². The van der Waals surface area contributed by atoms with Gasteiger partial charge < -0.3 is 9.64 Å². The van der Waals surface area contributed by atoms with Crippen molar-refractivity contribution in [2.24, 2.45) is 0 Å². The van der Waals surface area contributed by atoms with Gasteiger partial charge in [0, 0.05) is 18.1 Å². The number of Topliss-reactive ketones (excluding diaryl/α,β-unsaturated/α-hetero) is 1. The highest BCUT2D eigenvalue weighted by Crippen LogP contribution is 2.09. The molecule has 36 heavy (non-hydrogen) atoms. The molecule has 0 N–H and O–H groups in total. The number of aryl methyl sites for hydroxylation is 2. The van der Waals surface area contributed by atoms with Crippen molar-refractivity contribution in [2.75, 3.05) is 27.2 Å². The van der Waals surface area contributed by atoms with Gasteiger partial charge in [-0.25, -0.2) is 4.68 Å². The molecule has 7 heteroatoms. The van der Waals surface area contributed by atoms with Gasteiger partial charge in [-0.05, 0) is 71.1 Å². The van der Waals surface area contributed by atoms with E-state index in [9.17, 15) is 14.4 Å². The predicted molar refractivity (Wildman–Crippen MR) is 142 cm³/mol. The number of aromatic nitrogens is 2. The quantitative estimate of drug-likeness (QED) is 0.312. The lowest BCUT2D eigenvalue weighted by Crippen LogP contribution is -2.23. The molecule has 0 aliphatic heterocycles. The molecule has 3 rings (SSSR count). The second-order valence-corrected chi connectivity index (χ2v) is 8.97. The molecule has 0 fully saturated rings. The normalized spacial score (nSPS) is 10.5. The van der Waals surface area contributed by atoms with Crippen LogP contribution >= 0.6 is 0 Å². The minimum atomic E-state index is -0.250. The Labute approximate surface area is 213 Å². The number of hydrogen-bond acceptors (Lipinski definition) is 6. The summed E-state index contributed by atoms with van der Waals surface area (Å²) in [5.74, 6) is 0.000970. The summed E-state index contributed by atoms with van der Waals surface area (Å²) in [4.78, 5) is 37.1. The Balaban J connectivity index is 0.000000269. The van der Waals surface area contributed by atoms with E-state index in [1.807, 2.05) is 76.5 Å². The van der Waals surface area contributed by atoms with Crippen LogP contribution in [0.4, 0.5) is 0 Å². The molecule has 0 saturated carbocycles. The number of rotatable bonds is 10. The van der Waals surface area contributed by atoms with Gasteiger partial charge in [0.2, 0.25) is 0 Å². The number of ketones is 1. The topological polar surface area (TPSA) is 81.5 Å². The highest BCUT2D eigenvalue weighted by atomic mass is 16.5. The second kappa shape index (κ2) is 14.7. The molecule has 2 aromatic carbocycles. The van der Waals surface area contributed by atoms with E-state index in [0.29, 0.717) is 19.6 Å². The standard InChI is InChI=1S/C16H18N2O3.C13H19NO/c1-3-21-16(20)10-13-5-4-6-14(9-13)11-18-15(19)8-7-12(2)17-18;1-11-6-4-7-12(10-11)13(15)8-5-9-14(2)3/h4-9H,3,10-11H2,1-2H3;4,6-7,10H,5,8-9H2,1-3H3. The lowest BCUT2D eigenvalue weighted by Gasteiger charge is -2.08. The van der Waals surface area contributed by atoms with Crippen LogP contribution in [0, 0.1) is 13.8 Å². The highest BCUT2D eigenvalue weighted by molar-refractivity contribution is 5.96. The van der Waals surface area contributed by atoms with Gasteiger partial charge >= 0.3 is 5.97 Å². The van der Waals surface area contributed by atoms with Crippen LogP contribution in [0.15, 0.2) is 65.5 Å². The van der Waals surface area contributed by atoms with Crippen LogP contribution in [0.5, 0.6) is 0 Å². The Kier molecular flexibility index (Phi) is 11.7. The third-order valence-electron chi connectivity index (χ3n) is 5.33. The molecular formula is C29H37N3O4. The molecule has 3 aromatic rings. The Morgan fingerprint density at radius 3 is 2.39 bits per heavy atom. The molecule has 0 aliphatic rings. The Morgan fingerprint density at radius 1 is 0.972 bits per heavy atom. The fourth-order valence-electron chi connectivity index (χ4n) is 3.57. The SMILES string of the molecule is CCOC(=O)Cc1cccc(Cn2nc(C)ccc2=O)c1.Cc1cccc(C(=O)CCCN(C)C)c1. The summed E-state index contributed by atoms with van der Waals surface area (Å²) in [7, 11) is 4.05. The van der Waals surface area contributed by atoms with Crippen molar-refractivity contribution in [3.8, 4) is 0 Å². The van der Waals surface area contributed by atoms with Crippen LogP contribution in [0.1, 0.15) is 52.5 Å². The molecule has 0 amide bonds. The van der Waals surface area contributed by atoms with E-state index in [4.69, 9.17) is 4.74 Å². The first-order valence-corrected chi connectivity index (χ1v) is 12.2. The molecule has 192 valence electrons. The third kappa shape index (κ3) is 10.4. The Bertz CT molecular complexity index is 1200. The van der Waals surface area contributed by atoms with E-state index in [0.717, 1.165) is 40.9 Å². The smallest absolute Gasteiger partial charge is 0.310 e. The number of carbonyl (C=O) groups is 2. The lowest BCUT2D eigenvalue weighted by molar-refractivity contribution is -0.142. The van der Waals surface area contributed by atoms with Crippen molar-refractivity contribution in [1.82, 2.24) is 14.7 Å². The first-order valence-electron chi connectivity index (χ1n) is 12.2. The second-order valence-electron chi connectivity index (χ2n) is 8.97. The molecule has 0 spiro atoms.